The summed E-state index contributed by atoms with van der Waals surface area (Å²) in [6, 6.07) is 1.86. The monoisotopic (exact) mass is 265 g/mol. The fraction of sp³-hybridized carbons (Fsp3) is 0.571. The summed E-state index contributed by atoms with van der Waals surface area (Å²) in [5.74, 6) is -0.872. The number of aryl methyl sites for hydroxylation is 1. The van der Waals surface area contributed by atoms with Gasteiger partial charge in [0.2, 0.25) is 0 Å². The van der Waals surface area contributed by atoms with Crippen molar-refractivity contribution in [2.75, 3.05) is 6.54 Å². The van der Waals surface area contributed by atoms with E-state index in [1.54, 1.807) is 17.9 Å². The first-order valence-corrected chi connectivity index (χ1v) is 6.64. The van der Waals surface area contributed by atoms with Crippen LogP contribution in [0.15, 0.2) is 16.7 Å². The number of aliphatic carboxylic acids is 1. The summed E-state index contributed by atoms with van der Waals surface area (Å²) in [4.78, 5) is 25.1. The second kappa shape index (κ2) is 5.47. The van der Waals surface area contributed by atoms with Gasteiger partial charge in [-0.3, -0.25) is 9.59 Å². The molecule has 0 aliphatic heterocycles. The predicted molar refractivity (Wildman–Crippen MR) is 68.9 cm³/mol. The van der Waals surface area contributed by atoms with E-state index in [4.69, 9.17) is 9.52 Å². The van der Waals surface area contributed by atoms with E-state index in [1.807, 2.05) is 6.92 Å². The average molecular weight is 265 g/mol. The molecule has 1 atom stereocenters. The van der Waals surface area contributed by atoms with Gasteiger partial charge >= 0.3 is 5.97 Å². The number of hydrogen-bond donors (Lipinski definition) is 1. The van der Waals surface area contributed by atoms with Crippen molar-refractivity contribution in [1.29, 1.82) is 0 Å². The molecule has 1 aliphatic carbocycles. The first-order chi connectivity index (χ1) is 9.04. The minimum atomic E-state index is -0.874. The third-order valence-corrected chi connectivity index (χ3v) is 3.44. The van der Waals surface area contributed by atoms with Gasteiger partial charge in [-0.2, -0.15) is 0 Å². The molecule has 0 aromatic carbocycles. The highest BCUT2D eigenvalue weighted by Crippen LogP contribution is 2.30. The summed E-state index contributed by atoms with van der Waals surface area (Å²) < 4.78 is 5.27. The summed E-state index contributed by atoms with van der Waals surface area (Å²) >= 11 is 0. The lowest BCUT2D eigenvalue weighted by Gasteiger charge is -2.24. The van der Waals surface area contributed by atoms with Crippen molar-refractivity contribution in [3.63, 3.8) is 0 Å². The van der Waals surface area contributed by atoms with Crippen molar-refractivity contribution in [2.24, 2.45) is 5.92 Å². The highest BCUT2D eigenvalue weighted by atomic mass is 16.4. The van der Waals surface area contributed by atoms with Gasteiger partial charge in [0.15, 0.2) is 0 Å². The Kier molecular flexibility index (Phi) is 3.93. The zero-order valence-electron chi connectivity index (χ0n) is 11.3. The van der Waals surface area contributed by atoms with Crippen LogP contribution < -0.4 is 0 Å². The number of hydrogen-bond acceptors (Lipinski definition) is 3. The Bertz CT molecular complexity index is 476. The molecule has 1 unspecified atom stereocenters. The molecule has 0 saturated heterocycles. The lowest BCUT2D eigenvalue weighted by atomic mass is 10.1. The number of carboxylic acids is 1. The fourth-order valence-corrected chi connectivity index (χ4v) is 2.12. The molecule has 1 amide bonds. The van der Waals surface area contributed by atoms with E-state index in [1.165, 1.54) is 6.26 Å². The average Bonchev–Trinajstić information content (AvgIpc) is 3.11. The third kappa shape index (κ3) is 2.97. The molecular weight excluding hydrogens is 246 g/mol. The maximum atomic E-state index is 12.5. The van der Waals surface area contributed by atoms with Gasteiger partial charge in [-0.15, -0.1) is 0 Å². The van der Waals surface area contributed by atoms with Crippen LogP contribution in [0.1, 0.15) is 42.8 Å². The van der Waals surface area contributed by atoms with Crippen LogP contribution in [0.4, 0.5) is 0 Å². The van der Waals surface area contributed by atoms with Crippen LogP contribution in [0.25, 0.3) is 0 Å². The Hall–Kier alpha value is -1.78. The molecule has 5 heteroatoms. The molecule has 0 bridgehead atoms. The molecule has 2 rings (SSSR count). The zero-order valence-corrected chi connectivity index (χ0v) is 11.3. The molecule has 19 heavy (non-hydrogen) atoms. The number of furan rings is 1. The normalized spacial score (nSPS) is 16.1. The van der Waals surface area contributed by atoms with Crippen molar-refractivity contribution >= 4 is 11.9 Å². The number of carbonyl (C=O) groups excluding carboxylic acids is 1. The van der Waals surface area contributed by atoms with Gasteiger partial charge in [-0.05, 0) is 18.9 Å². The number of amides is 1. The highest BCUT2D eigenvalue weighted by molar-refractivity contribution is 5.95. The molecule has 1 fully saturated rings. The summed E-state index contributed by atoms with van der Waals surface area (Å²) in [5, 5.41) is 8.99. The summed E-state index contributed by atoms with van der Waals surface area (Å²) in [6.45, 7) is 3.81. The summed E-state index contributed by atoms with van der Waals surface area (Å²) in [5.41, 5.74) is 0.562. The molecule has 1 saturated carbocycles. The largest absolute Gasteiger partial charge is 0.481 e. The van der Waals surface area contributed by atoms with Crippen molar-refractivity contribution in [3.8, 4) is 0 Å². The maximum Gasteiger partial charge on any atom is 0.308 e. The quantitative estimate of drug-likeness (QED) is 0.855. The Balaban J connectivity index is 2.15. The van der Waals surface area contributed by atoms with Crippen molar-refractivity contribution in [1.82, 2.24) is 4.90 Å². The number of carboxylic acid groups (broad SMARTS) is 1. The van der Waals surface area contributed by atoms with Crippen LogP contribution in [0, 0.1) is 5.92 Å². The van der Waals surface area contributed by atoms with E-state index in [0.29, 0.717) is 17.7 Å². The molecule has 1 aromatic heterocycles. The number of nitrogens with zero attached hydrogens (tertiary/aromatic N) is 1. The van der Waals surface area contributed by atoms with Crippen molar-refractivity contribution in [2.45, 2.75) is 39.2 Å². The van der Waals surface area contributed by atoms with Crippen LogP contribution in [0.2, 0.25) is 0 Å². The van der Waals surface area contributed by atoms with E-state index in [-0.39, 0.29) is 18.5 Å². The Morgan fingerprint density at radius 3 is 2.74 bits per heavy atom. The smallest absolute Gasteiger partial charge is 0.308 e. The molecule has 0 radical (unpaired) electrons. The van der Waals surface area contributed by atoms with Crippen LogP contribution in [0.5, 0.6) is 0 Å². The van der Waals surface area contributed by atoms with Gasteiger partial charge in [0.25, 0.3) is 5.91 Å². The second-order valence-corrected chi connectivity index (χ2v) is 5.04. The van der Waals surface area contributed by atoms with Crippen molar-refractivity contribution < 1.29 is 19.1 Å². The second-order valence-electron chi connectivity index (χ2n) is 5.04. The van der Waals surface area contributed by atoms with Gasteiger partial charge in [-0.1, -0.05) is 13.8 Å². The van der Waals surface area contributed by atoms with Gasteiger partial charge in [-0.25, -0.2) is 0 Å². The minimum absolute atomic E-state index is 0.110. The first kappa shape index (κ1) is 13.6. The lowest BCUT2D eigenvalue weighted by Crippen LogP contribution is -2.38. The molecule has 5 nitrogen and oxygen atoms in total. The Morgan fingerprint density at radius 1 is 1.53 bits per heavy atom. The van der Waals surface area contributed by atoms with Gasteiger partial charge in [0.05, 0.1) is 17.7 Å². The SMILES string of the molecule is CCc1occc1C(=O)N(CC(C)C(=O)O)C1CC1. The van der Waals surface area contributed by atoms with E-state index in [2.05, 4.69) is 0 Å². The molecule has 1 aromatic rings. The maximum absolute atomic E-state index is 12.5. The van der Waals surface area contributed by atoms with Crippen LogP contribution in [-0.2, 0) is 11.2 Å². The minimum Gasteiger partial charge on any atom is -0.481 e. The highest BCUT2D eigenvalue weighted by Gasteiger charge is 2.35. The predicted octanol–water partition coefficient (Wildman–Crippen LogP) is 2.17. The molecule has 1 aliphatic rings. The van der Waals surface area contributed by atoms with E-state index >= 15 is 0 Å². The molecule has 1 heterocycles. The van der Waals surface area contributed by atoms with Gasteiger partial charge in [0.1, 0.15) is 5.76 Å². The fourth-order valence-electron chi connectivity index (χ4n) is 2.12. The molecule has 104 valence electrons. The zero-order chi connectivity index (χ0) is 14.0. The van der Waals surface area contributed by atoms with Gasteiger partial charge < -0.3 is 14.4 Å². The topological polar surface area (TPSA) is 70.8 Å². The number of rotatable bonds is 6. The Labute approximate surface area is 112 Å². The Morgan fingerprint density at radius 2 is 2.21 bits per heavy atom. The molecule has 0 spiro atoms. The van der Waals surface area contributed by atoms with E-state index in [0.717, 1.165) is 12.8 Å². The van der Waals surface area contributed by atoms with Gasteiger partial charge in [0, 0.05) is 19.0 Å². The van der Waals surface area contributed by atoms with E-state index in [9.17, 15) is 9.59 Å². The van der Waals surface area contributed by atoms with E-state index < -0.39 is 11.9 Å². The molecular formula is C14H19NO4. The summed E-state index contributed by atoms with van der Waals surface area (Å²) in [7, 11) is 0. The third-order valence-electron chi connectivity index (χ3n) is 3.44. The molecule has 1 N–H and O–H groups in total. The summed E-state index contributed by atoms with van der Waals surface area (Å²) in [6.07, 6.45) is 4.08. The number of carbonyl (C=O) groups is 2. The van der Waals surface area contributed by atoms with Crippen LogP contribution in [0.3, 0.4) is 0 Å². The first-order valence-electron chi connectivity index (χ1n) is 6.64. The standard InChI is InChI=1S/C14H19NO4/c1-3-12-11(6-7-19-12)13(16)15(10-4-5-10)8-9(2)14(17)18/h6-7,9-10H,3-5,8H2,1-2H3,(H,17,18). The van der Waals surface area contributed by atoms with Crippen molar-refractivity contribution in [3.05, 3.63) is 23.7 Å². The van der Waals surface area contributed by atoms with Crippen LogP contribution in [-0.4, -0.2) is 34.5 Å². The van der Waals surface area contributed by atoms with Crippen LogP contribution >= 0.6 is 0 Å². The lowest BCUT2D eigenvalue weighted by molar-refractivity contribution is -0.141.